The first-order valence-electron chi connectivity index (χ1n) is 4.01. The molecule has 0 aliphatic heterocycles. The van der Waals surface area contributed by atoms with E-state index in [9.17, 15) is 4.79 Å². The average molecular weight is 175 g/mol. The molecule has 4 nitrogen and oxygen atoms in total. The predicted molar refractivity (Wildman–Crippen MR) is 46.0 cm³/mol. The van der Waals surface area contributed by atoms with Gasteiger partial charge in [-0.1, -0.05) is 13.8 Å². The number of carbonyl (C=O) groups is 1. The molecule has 0 bridgehead atoms. The maximum absolute atomic E-state index is 10.1. The summed E-state index contributed by atoms with van der Waals surface area (Å²) in [7, 11) is 0. The van der Waals surface area contributed by atoms with E-state index in [-0.39, 0.29) is 18.6 Å². The Kier molecular flexibility index (Phi) is 4.85. The molecule has 0 radical (unpaired) electrons. The van der Waals surface area contributed by atoms with E-state index in [2.05, 4.69) is 5.32 Å². The van der Waals surface area contributed by atoms with Crippen LogP contribution in [0.1, 0.15) is 20.3 Å². The van der Waals surface area contributed by atoms with Crippen molar-refractivity contribution in [1.29, 1.82) is 0 Å². The van der Waals surface area contributed by atoms with E-state index in [4.69, 9.17) is 10.2 Å². The summed E-state index contributed by atoms with van der Waals surface area (Å²) in [5, 5.41) is 19.8. The topological polar surface area (TPSA) is 69.6 Å². The second kappa shape index (κ2) is 5.11. The SMILES string of the molecule is CC(C)(CCO)CNCC(=O)O. The Morgan fingerprint density at radius 2 is 2.08 bits per heavy atom. The van der Waals surface area contributed by atoms with Gasteiger partial charge in [0.25, 0.3) is 0 Å². The summed E-state index contributed by atoms with van der Waals surface area (Å²) >= 11 is 0. The van der Waals surface area contributed by atoms with Crippen molar-refractivity contribution < 1.29 is 15.0 Å². The number of nitrogens with one attached hydrogen (secondary N) is 1. The number of aliphatic hydroxyl groups excluding tert-OH is 1. The summed E-state index contributed by atoms with van der Waals surface area (Å²) in [6.45, 7) is 4.70. The summed E-state index contributed by atoms with van der Waals surface area (Å²) in [5.41, 5.74) is -0.0375. The van der Waals surface area contributed by atoms with Crippen molar-refractivity contribution in [1.82, 2.24) is 5.32 Å². The first-order valence-corrected chi connectivity index (χ1v) is 4.01. The molecule has 0 aromatic rings. The quantitative estimate of drug-likeness (QED) is 0.534. The summed E-state index contributed by atoms with van der Waals surface area (Å²) < 4.78 is 0. The van der Waals surface area contributed by atoms with E-state index in [1.54, 1.807) is 0 Å². The molecule has 0 fully saturated rings. The zero-order valence-corrected chi connectivity index (χ0v) is 7.63. The van der Waals surface area contributed by atoms with Crippen molar-refractivity contribution in [2.24, 2.45) is 5.41 Å². The zero-order valence-electron chi connectivity index (χ0n) is 7.63. The minimum Gasteiger partial charge on any atom is -0.480 e. The monoisotopic (exact) mass is 175 g/mol. The molecule has 0 aliphatic carbocycles. The van der Waals surface area contributed by atoms with Gasteiger partial charge in [-0.3, -0.25) is 4.79 Å². The van der Waals surface area contributed by atoms with Gasteiger partial charge in [0.05, 0.1) is 6.54 Å². The third kappa shape index (κ3) is 6.12. The highest BCUT2D eigenvalue weighted by atomic mass is 16.4. The Morgan fingerprint density at radius 1 is 1.50 bits per heavy atom. The number of rotatable bonds is 6. The minimum atomic E-state index is -0.852. The predicted octanol–water partition coefficient (Wildman–Crippen LogP) is 0.0692. The van der Waals surface area contributed by atoms with Crippen molar-refractivity contribution in [2.75, 3.05) is 19.7 Å². The van der Waals surface area contributed by atoms with Gasteiger partial charge in [0.15, 0.2) is 0 Å². The van der Waals surface area contributed by atoms with Crippen molar-refractivity contribution in [3.8, 4) is 0 Å². The van der Waals surface area contributed by atoms with Gasteiger partial charge in [-0.2, -0.15) is 0 Å². The largest absolute Gasteiger partial charge is 0.480 e. The lowest BCUT2D eigenvalue weighted by Gasteiger charge is -2.23. The van der Waals surface area contributed by atoms with Crippen LogP contribution in [-0.2, 0) is 4.79 Å². The van der Waals surface area contributed by atoms with Crippen LogP contribution in [0.2, 0.25) is 0 Å². The van der Waals surface area contributed by atoms with Crippen molar-refractivity contribution in [3.63, 3.8) is 0 Å². The van der Waals surface area contributed by atoms with E-state index in [0.29, 0.717) is 13.0 Å². The Hall–Kier alpha value is -0.610. The van der Waals surface area contributed by atoms with E-state index in [1.807, 2.05) is 13.8 Å². The third-order valence-electron chi connectivity index (χ3n) is 1.67. The fourth-order valence-corrected chi connectivity index (χ4v) is 0.899. The van der Waals surface area contributed by atoms with E-state index >= 15 is 0 Å². The second-order valence-electron chi connectivity index (χ2n) is 3.64. The van der Waals surface area contributed by atoms with Gasteiger partial charge in [-0.25, -0.2) is 0 Å². The molecule has 72 valence electrons. The van der Waals surface area contributed by atoms with Crippen LogP contribution in [0.25, 0.3) is 0 Å². The van der Waals surface area contributed by atoms with Gasteiger partial charge < -0.3 is 15.5 Å². The Morgan fingerprint density at radius 3 is 2.50 bits per heavy atom. The molecule has 3 N–H and O–H groups in total. The zero-order chi connectivity index (χ0) is 9.61. The normalized spacial score (nSPS) is 11.6. The molecule has 0 amide bonds. The molecule has 0 spiro atoms. The van der Waals surface area contributed by atoms with Crippen LogP contribution in [0, 0.1) is 5.41 Å². The Balaban J connectivity index is 3.53. The Labute approximate surface area is 72.6 Å². The summed E-state index contributed by atoms with van der Waals surface area (Å²) in [4.78, 5) is 10.1. The maximum atomic E-state index is 10.1. The molecule has 12 heavy (non-hydrogen) atoms. The number of aliphatic carboxylic acids is 1. The van der Waals surface area contributed by atoms with Crippen LogP contribution in [0.4, 0.5) is 0 Å². The smallest absolute Gasteiger partial charge is 0.317 e. The van der Waals surface area contributed by atoms with E-state index < -0.39 is 5.97 Å². The van der Waals surface area contributed by atoms with Crippen molar-refractivity contribution in [3.05, 3.63) is 0 Å². The summed E-state index contributed by atoms with van der Waals surface area (Å²) in [6.07, 6.45) is 0.680. The molecule has 0 aliphatic rings. The van der Waals surface area contributed by atoms with E-state index in [0.717, 1.165) is 0 Å². The van der Waals surface area contributed by atoms with Gasteiger partial charge in [0, 0.05) is 13.2 Å². The lowest BCUT2D eigenvalue weighted by Crippen LogP contribution is -2.33. The fraction of sp³-hybridized carbons (Fsp3) is 0.875. The van der Waals surface area contributed by atoms with Crippen LogP contribution in [0.5, 0.6) is 0 Å². The molecule has 0 unspecified atom stereocenters. The molecular weight excluding hydrogens is 158 g/mol. The van der Waals surface area contributed by atoms with Crippen LogP contribution in [0.15, 0.2) is 0 Å². The number of carboxylic acid groups (broad SMARTS) is 1. The number of carboxylic acids is 1. The Bertz CT molecular complexity index is 145. The van der Waals surface area contributed by atoms with Gasteiger partial charge in [0.2, 0.25) is 0 Å². The third-order valence-corrected chi connectivity index (χ3v) is 1.67. The highest BCUT2D eigenvalue weighted by Crippen LogP contribution is 2.17. The molecule has 0 saturated carbocycles. The molecule has 0 saturated heterocycles. The van der Waals surface area contributed by atoms with Crippen LogP contribution in [0.3, 0.4) is 0 Å². The van der Waals surface area contributed by atoms with Crippen LogP contribution in [-0.4, -0.2) is 35.9 Å². The van der Waals surface area contributed by atoms with Crippen molar-refractivity contribution in [2.45, 2.75) is 20.3 Å². The average Bonchev–Trinajstić information content (AvgIpc) is 1.85. The maximum Gasteiger partial charge on any atom is 0.317 e. The van der Waals surface area contributed by atoms with Crippen LogP contribution >= 0.6 is 0 Å². The molecule has 4 heteroatoms. The molecule has 0 heterocycles. The molecule has 0 aromatic heterocycles. The number of hydrogen-bond donors (Lipinski definition) is 3. The second-order valence-corrected chi connectivity index (χ2v) is 3.64. The molecular formula is C8H17NO3. The lowest BCUT2D eigenvalue weighted by atomic mass is 9.90. The molecule has 0 rings (SSSR count). The first-order chi connectivity index (χ1) is 5.48. The summed E-state index contributed by atoms with van der Waals surface area (Å²) in [5.74, 6) is -0.852. The van der Waals surface area contributed by atoms with E-state index in [1.165, 1.54) is 0 Å². The van der Waals surface area contributed by atoms with Crippen LogP contribution < -0.4 is 5.32 Å². The fourth-order valence-electron chi connectivity index (χ4n) is 0.899. The highest BCUT2D eigenvalue weighted by Gasteiger charge is 2.16. The van der Waals surface area contributed by atoms with Gasteiger partial charge in [-0.05, 0) is 11.8 Å². The molecule has 0 aromatic carbocycles. The van der Waals surface area contributed by atoms with Crippen molar-refractivity contribution >= 4 is 5.97 Å². The van der Waals surface area contributed by atoms with Gasteiger partial charge >= 0.3 is 5.97 Å². The lowest BCUT2D eigenvalue weighted by molar-refractivity contribution is -0.136. The molecule has 0 atom stereocenters. The van der Waals surface area contributed by atoms with Gasteiger partial charge in [0.1, 0.15) is 0 Å². The number of aliphatic hydroxyl groups is 1. The standard InChI is InChI=1S/C8H17NO3/c1-8(2,3-4-10)6-9-5-7(11)12/h9-10H,3-6H2,1-2H3,(H,11,12). The minimum absolute atomic E-state index is 0.0190. The highest BCUT2D eigenvalue weighted by molar-refractivity contribution is 5.68. The number of hydrogen-bond acceptors (Lipinski definition) is 3. The summed E-state index contributed by atoms with van der Waals surface area (Å²) in [6, 6.07) is 0. The first kappa shape index (κ1) is 11.4. The van der Waals surface area contributed by atoms with Gasteiger partial charge in [-0.15, -0.1) is 0 Å².